The molecule has 0 aliphatic heterocycles. The molecule has 20 heavy (non-hydrogen) atoms. The van der Waals surface area contributed by atoms with Gasteiger partial charge in [-0.25, -0.2) is 13.1 Å². The van der Waals surface area contributed by atoms with Crippen molar-refractivity contribution in [1.82, 2.24) is 4.72 Å². The van der Waals surface area contributed by atoms with Gasteiger partial charge in [-0.05, 0) is 48.1 Å². The highest BCUT2D eigenvalue weighted by Crippen LogP contribution is 2.65. The zero-order valence-corrected chi connectivity index (χ0v) is 13.2. The molecule has 0 saturated heterocycles. The van der Waals surface area contributed by atoms with Crippen LogP contribution >= 0.6 is 0 Å². The summed E-state index contributed by atoms with van der Waals surface area (Å²) in [6, 6.07) is 8.73. The van der Waals surface area contributed by atoms with Crippen molar-refractivity contribution < 1.29 is 8.42 Å². The number of rotatable bonds is 3. The Bertz CT molecular complexity index is 609. The van der Waals surface area contributed by atoms with Crippen LogP contribution in [0, 0.1) is 16.7 Å². The molecule has 1 aromatic rings. The Hall–Kier alpha value is -0.870. The average Bonchev–Trinajstić information content (AvgIpc) is 2.72. The lowest BCUT2D eigenvalue weighted by Gasteiger charge is -2.39. The van der Waals surface area contributed by atoms with E-state index in [4.69, 9.17) is 0 Å². The highest BCUT2D eigenvalue weighted by molar-refractivity contribution is 7.89. The first-order chi connectivity index (χ1) is 9.27. The Kier molecular flexibility index (Phi) is 3.04. The van der Waals surface area contributed by atoms with E-state index in [0.717, 1.165) is 12.8 Å². The molecular formula is C16H23NO2S. The smallest absolute Gasteiger partial charge is 0.207 e. The van der Waals surface area contributed by atoms with Crippen molar-refractivity contribution in [3.63, 3.8) is 0 Å². The summed E-state index contributed by atoms with van der Waals surface area (Å²) in [6.45, 7) is 6.83. The molecule has 1 N–H and O–H groups in total. The van der Waals surface area contributed by atoms with Crippen molar-refractivity contribution in [3.05, 3.63) is 30.3 Å². The van der Waals surface area contributed by atoms with E-state index in [0.29, 0.717) is 10.8 Å². The van der Waals surface area contributed by atoms with Gasteiger partial charge in [-0.1, -0.05) is 39.0 Å². The molecule has 0 amide bonds. The molecule has 3 atom stereocenters. The number of hydrogen-bond donors (Lipinski definition) is 1. The molecule has 0 heterocycles. The Labute approximate surface area is 121 Å². The molecule has 0 spiro atoms. The van der Waals surface area contributed by atoms with E-state index in [1.807, 2.05) is 6.07 Å². The molecule has 2 fully saturated rings. The largest absolute Gasteiger partial charge is 0.240 e. The summed E-state index contributed by atoms with van der Waals surface area (Å²) in [4.78, 5) is 0.365. The van der Waals surface area contributed by atoms with Crippen LogP contribution in [0.1, 0.15) is 40.0 Å². The molecule has 2 bridgehead atoms. The molecule has 0 radical (unpaired) electrons. The van der Waals surface area contributed by atoms with Crippen LogP contribution in [0.15, 0.2) is 35.2 Å². The van der Waals surface area contributed by atoms with Crippen LogP contribution in [0.4, 0.5) is 0 Å². The maximum atomic E-state index is 12.5. The van der Waals surface area contributed by atoms with Crippen LogP contribution in [0.2, 0.25) is 0 Å². The maximum Gasteiger partial charge on any atom is 0.240 e. The van der Waals surface area contributed by atoms with E-state index in [1.54, 1.807) is 24.3 Å². The van der Waals surface area contributed by atoms with Crippen molar-refractivity contribution in [2.45, 2.75) is 51.0 Å². The topological polar surface area (TPSA) is 46.2 Å². The van der Waals surface area contributed by atoms with E-state index in [1.165, 1.54) is 6.42 Å². The van der Waals surface area contributed by atoms with Crippen molar-refractivity contribution in [2.24, 2.45) is 16.7 Å². The Morgan fingerprint density at radius 2 is 1.80 bits per heavy atom. The van der Waals surface area contributed by atoms with Gasteiger partial charge in [0.05, 0.1) is 4.90 Å². The lowest BCUT2D eigenvalue weighted by Crippen LogP contribution is -2.46. The molecule has 2 aliphatic carbocycles. The first-order valence-corrected chi connectivity index (χ1v) is 8.83. The van der Waals surface area contributed by atoms with Gasteiger partial charge in [0, 0.05) is 6.04 Å². The summed E-state index contributed by atoms with van der Waals surface area (Å²) in [5, 5.41) is 0. The second-order valence-corrected chi connectivity index (χ2v) is 8.81. The van der Waals surface area contributed by atoms with E-state index < -0.39 is 10.0 Å². The lowest BCUT2D eigenvalue weighted by molar-refractivity contribution is 0.130. The molecule has 0 aromatic heterocycles. The minimum Gasteiger partial charge on any atom is -0.207 e. The van der Waals surface area contributed by atoms with Crippen molar-refractivity contribution in [1.29, 1.82) is 0 Å². The monoisotopic (exact) mass is 293 g/mol. The average molecular weight is 293 g/mol. The summed E-state index contributed by atoms with van der Waals surface area (Å²) in [6.07, 6.45) is 3.31. The fourth-order valence-corrected chi connectivity index (χ4v) is 5.62. The summed E-state index contributed by atoms with van der Waals surface area (Å²) in [5.74, 6) is 0.635. The third kappa shape index (κ3) is 1.85. The Morgan fingerprint density at radius 1 is 1.15 bits per heavy atom. The third-order valence-corrected chi connectivity index (χ3v) is 7.63. The number of sulfonamides is 1. The van der Waals surface area contributed by atoms with Crippen molar-refractivity contribution in [3.8, 4) is 0 Å². The molecule has 4 heteroatoms. The molecule has 3 unspecified atom stereocenters. The van der Waals surface area contributed by atoms with Crippen LogP contribution in [0.25, 0.3) is 0 Å². The Morgan fingerprint density at radius 3 is 2.30 bits per heavy atom. The molecule has 3 nitrogen and oxygen atoms in total. The maximum absolute atomic E-state index is 12.5. The SMILES string of the molecule is CC1(C)C2CCC1(C)C(NS(=O)(=O)c1ccccc1)C2. The minimum atomic E-state index is -3.40. The number of fused-ring (bicyclic) bond motifs is 2. The standard InChI is InChI=1S/C16H23NO2S/c1-15(2)12-9-10-16(15,3)14(11-12)17-20(18,19)13-7-5-4-6-8-13/h4-8,12,14,17H,9-11H2,1-3H3. The van der Waals surface area contributed by atoms with Gasteiger partial charge in [-0.2, -0.15) is 0 Å². The van der Waals surface area contributed by atoms with Crippen molar-refractivity contribution in [2.75, 3.05) is 0 Å². The van der Waals surface area contributed by atoms with Crippen LogP contribution in [0.3, 0.4) is 0 Å². The van der Waals surface area contributed by atoms with Crippen LogP contribution in [-0.2, 0) is 10.0 Å². The van der Waals surface area contributed by atoms with Gasteiger partial charge in [-0.3, -0.25) is 0 Å². The molecule has 1 aromatic carbocycles. The van der Waals surface area contributed by atoms with Gasteiger partial charge in [0.2, 0.25) is 10.0 Å². The summed E-state index contributed by atoms with van der Waals surface area (Å²) < 4.78 is 28.0. The van der Waals surface area contributed by atoms with Crippen LogP contribution in [-0.4, -0.2) is 14.5 Å². The summed E-state index contributed by atoms with van der Waals surface area (Å²) >= 11 is 0. The van der Waals surface area contributed by atoms with E-state index in [2.05, 4.69) is 25.5 Å². The normalized spacial score (nSPS) is 35.4. The molecule has 2 aliphatic rings. The van der Waals surface area contributed by atoms with Gasteiger partial charge < -0.3 is 0 Å². The van der Waals surface area contributed by atoms with Gasteiger partial charge in [-0.15, -0.1) is 0 Å². The highest BCUT2D eigenvalue weighted by Gasteiger charge is 2.61. The molecular weight excluding hydrogens is 270 g/mol. The molecule has 3 rings (SSSR count). The van der Waals surface area contributed by atoms with E-state index >= 15 is 0 Å². The predicted molar refractivity (Wildman–Crippen MR) is 79.8 cm³/mol. The number of nitrogens with one attached hydrogen (secondary N) is 1. The van der Waals surface area contributed by atoms with Crippen LogP contribution in [0.5, 0.6) is 0 Å². The van der Waals surface area contributed by atoms with E-state index in [-0.39, 0.29) is 16.9 Å². The molecule has 110 valence electrons. The summed E-state index contributed by atoms with van der Waals surface area (Å²) in [5.41, 5.74) is 0.288. The fraction of sp³-hybridized carbons (Fsp3) is 0.625. The number of benzene rings is 1. The summed E-state index contributed by atoms with van der Waals surface area (Å²) in [7, 11) is -3.40. The first kappa shape index (κ1) is 14.1. The second-order valence-electron chi connectivity index (χ2n) is 7.10. The zero-order chi connectivity index (χ0) is 14.6. The van der Waals surface area contributed by atoms with E-state index in [9.17, 15) is 8.42 Å². The Balaban J connectivity index is 1.87. The fourth-order valence-electron chi connectivity index (χ4n) is 4.24. The van der Waals surface area contributed by atoms with Gasteiger partial charge in [0.25, 0.3) is 0 Å². The third-order valence-electron chi connectivity index (χ3n) is 6.14. The second kappa shape index (κ2) is 4.31. The van der Waals surface area contributed by atoms with Crippen molar-refractivity contribution >= 4 is 10.0 Å². The quantitative estimate of drug-likeness (QED) is 0.930. The molecule has 2 saturated carbocycles. The predicted octanol–water partition coefficient (Wildman–Crippen LogP) is 3.18. The minimum absolute atomic E-state index is 0.0569. The van der Waals surface area contributed by atoms with Gasteiger partial charge >= 0.3 is 0 Å². The van der Waals surface area contributed by atoms with Gasteiger partial charge in [0.1, 0.15) is 0 Å². The number of hydrogen-bond acceptors (Lipinski definition) is 2. The first-order valence-electron chi connectivity index (χ1n) is 7.35. The van der Waals surface area contributed by atoms with Crippen LogP contribution < -0.4 is 4.72 Å². The highest BCUT2D eigenvalue weighted by atomic mass is 32.2. The van der Waals surface area contributed by atoms with Gasteiger partial charge in [0.15, 0.2) is 0 Å². The lowest BCUT2D eigenvalue weighted by atomic mass is 9.69. The zero-order valence-electron chi connectivity index (χ0n) is 12.4.